The quantitative estimate of drug-likeness (QED) is 0.418. The Morgan fingerprint density at radius 1 is 1.09 bits per heavy atom. The van der Waals surface area contributed by atoms with Gasteiger partial charge in [-0.2, -0.15) is 0 Å². The van der Waals surface area contributed by atoms with Crippen molar-refractivity contribution in [2.24, 2.45) is 0 Å². The van der Waals surface area contributed by atoms with E-state index in [4.69, 9.17) is 16.3 Å². The van der Waals surface area contributed by atoms with Crippen LogP contribution in [0.3, 0.4) is 0 Å². The normalized spacial score (nSPS) is 11.0. The number of carbonyl (C=O) groups excluding carboxylic acids is 1. The number of hydrogen-bond acceptors (Lipinski definition) is 4. The first kappa shape index (κ1) is 14.2. The lowest BCUT2D eigenvalue weighted by molar-refractivity contribution is -0.128. The number of nitrogens with zero attached hydrogens (tertiary/aromatic N) is 2. The summed E-state index contributed by atoms with van der Waals surface area (Å²) < 4.78 is 5.37. The summed E-state index contributed by atoms with van der Waals surface area (Å²) >= 11 is 6.14. The smallest absolute Gasteiger partial charge is 0.336 e. The van der Waals surface area contributed by atoms with Gasteiger partial charge in [-0.05, 0) is 18.2 Å². The lowest BCUT2D eigenvalue weighted by atomic mass is 10.1. The first-order valence-corrected chi connectivity index (χ1v) is 6.95. The third-order valence-corrected chi connectivity index (χ3v) is 3.34. The Hall–Kier alpha value is -2.72. The fourth-order valence-corrected chi connectivity index (χ4v) is 2.24. The first-order chi connectivity index (χ1) is 10.7. The lowest BCUT2D eigenvalue weighted by Gasteiger charge is -2.07. The number of aromatic nitrogens is 2. The number of hydrogen-bond donors (Lipinski definition) is 0. The molecule has 0 aliphatic rings. The Morgan fingerprint density at radius 2 is 1.91 bits per heavy atom. The van der Waals surface area contributed by atoms with Crippen molar-refractivity contribution in [3.8, 4) is 5.75 Å². The van der Waals surface area contributed by atoms with Gasteiger partial charge >= 0.3 is 5.97 Å². The molecule has 2 aromatic carbocycles. The summed E-state index contributed by atoms with van der Waals surface area (Å²) in [7, 11) is 0. The molecule has 0 fully saturated rings. The third kappa shape index (κ3) is 3.13. The van der Waals surface area contributed by atoms with E-state index in [-0.39, 0.29) is 0 Å². The molecule has 0 amide bonds. The molecule has 0 radical (unpaired) electrons. The SMILES string of the molecule is O=C(/C=C/c1cnccn1)Oc1ccc(Cl)c2ccccc12. The van der Waals surface area contributed by atoms with Gasteiger partial charge in [0, 0.05) is 34.3 Å². The summed E-state index contributed by atoms with van der Waals surface area (Å²) in [5.41, 5.74) is 0.584. The van der Waals surface area contributed by atoms with Crippen LogP contribution in [-0.4, -0.2) is 15.9 Å². The van der Waals surface area contributed by atoms with Crippen LogP contribution in [0.5, 0.6) is 5.75 Å². The molecule has 22 heavy (non-hydrogen) atoms. The maximum atomic E-state index is 11.9. The molecule has 0 spiro atoms. The van der Waals surface area contributed by atoms with E-state index in [1.54, 1.807) is 36.8 Å². The molecule has 3 rings (SSSR count). The standard InChI is InChI=1S/C17H11ClN2O2/c18-15-6-7-16(14-4-2-1-3-13(14)15)22-17(21)8-5-12-11-19-9-10-20-12/h1-11H/b8-5+. The Labute approximate surface area is 132 Å². The van der Waals surface area contributed by atoms with Crippen molar-refractivity contribution in [1.29, 1.82) is 0 Å². The van der Waals surface area contributed by atoms with Crippen molar-refractivity contribution in [3.63, 3.8) is 0 Å². The number of halogens is 1. The number of benzene rings is 2. The van der Waals surface area contributed by atoms with Gasteiger partial charge in [0.15, 0.2) is 0 Å². The van der Waals surface area contributed by atoms with E-state index in [1.165, 1.54) is 6.08 Å². The van der Waals surface area contributed by atoms with Gasteiger partial charge in [-0.25, -0.2) is 4.79 Å². The van der Waals surface area contributed by atoms with Crippen LogP contribution in [0.1, 0.15) is 5.69 Å². The van der Waals surface area contributed by atoms with Gasteiger partial charge in [0.05, 0.1) is 11.9 Å². The van der Waals surface area contributed by atoms with Crippen molar-refractivity contribution >= 4 is 34.4 Å². The molecular weight excluding hydrogens is 300 g/mol. The maximum Gasteiger partial charge on any atom is 0.336 e. The van der Waals surface area contributed by atoms with Gasteiger partial charge in [0.25, 0.3) is 0 Å². The molecule has 0 atom stereocenters. The minimum atomic E-state index is -0.488. The van der Waals surface area contributed by atoms with Gasteiger partial charge < -0.3 is 4.74 Å². The molecule has 0 saturated heterocycles. The van der Waals surface area contributed by atoms with Gasteiger partial charge in [0.2, 0.25) is 0 Å². The van der Waals surface area contributed by atoms with E-state index in [2.05, 4.69) is 9.97 Å². The predicted octanol–water partition coefficient (Wildman–Crippen LogP) is 3.90. The van der Waals surface area contributed by atoms with Gasteiger partial charge in [-0.3, -0.25) is 9.97 Å². The second-order valence-electron chi connectivity index (χ2n) is 4.48. The van der Waals surface area contributed by atoms with Crippen LogP contribution in [0, 0.1) is 0 Å². The molecule has 1 heterocycles. The highest BCUT2D eigenvalue weighted by Gasteiger charge is 2.08. The number of rotatable bonds is 3. The van der Waals surface area contributed by atoms with Gasteiger partial charge in [0.1, 0.15) is 5.75 Å². The van der Waals surface area contributed by atoms with Crippen LogP contribution in [-0.2, 0) is 4.79 Å². The molecule has 0 N–H and O–H groups in total. The van der Waals surface area contributed by atoms with Crippen molar-refractivity contribution < 1.29 is 9.53 Å². The van der Waals surface area contributed by atoms with E-state index >= 15 is 0 Å². The van der Waals surface area contributed by atoms with E-state index in [1.807, 2.05) is 24.3 Å². The molecule has 0 bridgehead atoms. The second kappa shape index (κ2) is 6.37. The molecule has 0 aliphatic carbocycles. The fourth-order valence-electron chi connectivity index (χ4n) is 2.02. The number of carbonyl (C=O) groups is 1. The molecule has 4 nitrogen and oxygen atoms in total. The molecule has 3 aromatic rings. The zero-order valence-electron chi connectivity index (χ0n) is 11.4. The Kier molecular flexibility index (Phi) is 4.12. The molecule has 108 valence electrons. The zero-order chi connectivity index (χ0) is 15.4. The fraction of sp³-hybridized carbons (Fsp3) is 0. The third-order valence-electron chi connectivity index (χ3n) is 3.01. The van der Waals surface area contributed by atoms with Crippen LogP contribution in [0.2, 0.25) is 5.02 Å². The van der Waals surface area contributed by atoms with Crippen molar-refractivity contribution in [2.45, 2.75) is 0 Å². The predicted molar refractivity (Wildman–Crippen MR) is 85.7 cm³/mol. The molecule has 0 aliphatic heterocycles. The van der Waals surface area contributed by atoms with Gasteiger partial charge in [-0.1, -0.05) is 35.9 Å². The Balaban J connectivity index is 1.83. The summed E-state index contributed by atoms with van der Waals surface area (Å²) in [6, 6.07) is 10.9. The van der Waals surface area contributed by atoms with Crippen molar-refractivity contribution in [3.05, 3.63) is 71.8 Å². The van der Waals surface area contributed by atoms with Crippen LogP contribution < -0.4 is 4.74 Å². The number of esters is 1. The summed E-state index contributed by atoms with van der Waals surface area (Å²) in [6.07, 6.45) is 7.54. The zero-order valence-corrected chi connectivity index (χ0v) is 12.2. The maximum absolute atomic E-state index is 11.9. The average Bonchev–Trinajstić information content (AvgIpc) is 2.57. The highest BCUT2D eigenvalue weighted by molar-refractivity contribution is 6.35. The highest BCUT2D eigenvalue weighted by atomic mass is 35.5. The minimum absolute atomic E-state index is 0.466. The summed E-state index contributed by atoms with van der Waals surface area (Å²) in [4.78, 5) is 19.9. The number of fused-ring (bicyclic) bond motifs is 1. The molecular formula is C17H11ClN2O2. The topological polar surface area (TPSA) is 52.1 Å². The largest absolute Gasteiger partial charge is 0.423 e. The second-order valence-corrected chi connectivity index (χ2v) is 4.88. The first-order valence-electron chi connectivity index (χ1n) is 6.57. The lowest BCUT2D eigenvalue weighted by Crippen LogP contribution is -2.04. The van der Waals surface area contributed by atoms with Crippen molar-refractivity contribution in [1.82, 2.24) is 9.97 Å². The highest BCUT2D eigenvalue weighted by Crippen LogP contribution is 2.31. The molecule has 5 heteroatoms. The van der Waals surface area contributed by atoms with Crippen LogP contribution in [0.25, 0.3) is 16.8 Å². The summed E-state index contributed by atoms with van der Waals surface area (Å²) in [5, 5.41) is 2.24. The van der Waals surface area contributed by atoms with Gasteiger partial charge in [-0.15, -0.1) is 0 Å². The van der Waals surface area contributed by atoms with Crippen molar-refractivity contribution in [2.75, 3.05) is 0 Å². The number of ether oxygens (including phenoxy) is 1. The minimum Gasteiger partial charge on any atom is -0.423 e. The summed E-state index contributed by atoms with van der Waals surface area (Å²) in [6.45, 7) is 0. The summed E-state index contributed by atoms with van der Waals surface area (Å²) in [5.74, 6) is -0.0214. The van der Waals surface area contributed by atoms with Crippen LogP contribution in [0.4, 0.5) is 0 Å². The molecule has 1 aromatic heterocycles. The van der Waals surface area contributed by atoms with Crippen LogP contribution >= 0.6 is 11.6 Å². The van der Waals surface area contributed by atoms with Crippen LogP contribution in [0.15, 0.2) is 61.1 Å². The Morgan fingerprint density at radius 3 is 2.68 bits per heavy atom. The molecule has 0 saturated carbocycles. The average molecular weight is 311 g/mol. The van der Waals surface area contributed by atoms with E-state index in [9.17, 15) is 4.79 Å². The Bertz CT molecular complexity index is 848. The molecule has 0 unspecified atom stereocenters. The van der Waals surface area contributed by atoms with E-state index in [0.717, 1.165) is 10.8 Å². The van der Waals surface area contributed by atoms with E-state index in [0.29, 0.717) is 16.5 Å². The monoisotopic (exact) mass is 310 g/mol. The van der Waals surface area contributed by atoms with E-state index < -0.39 is 5.97 Å².